The van der Waals surface area contributed by atoms with Crippen LogP contribution >= 0.6 is 0 Å². The summed E-state index contributed by atoms with van der Waals surface area (Å²) in [7, 11) is 1.68. The van der Waals surface area contributed by atoms with Gasteiger partial charge in [0.25, 0.3) is 0 Å². The summed E-state index contributed by atoms with van der Waals surface area (Å²) in [5.41, 5.74) is 5.81. The quantitative estimate of drug-likeness (QED) is 0.883. The topological polar surface area (TPSA) is 60.2 Å². The zero-order valence-electron chi connectivity index (χ0n) is 11.1. The van der Waals surface area contributed by atoms with Crippen LogP contribution in [-0.2, 0) is 0 Å². The van der Waals surface area contributed by atoms with Crippen LogP contribution in [0.25, 0.3) is 10.8 Å². The Morgan fingerprint density at radius 1 is 1.37 bits per heavy atom. The van der Waals surface area contributed by atoms with Crippen molar-refractivity contribution in [1.29, 1.82) is 0 Å². The summed E-state index contributed by atoms with van der Waals surface area (Å²) in [5.74, 6) is 2.46. The molecule has 0 aliphatic heterocycles. The standard InChI is InChI=1S/C15H19N3O/c1-19-13-3-2-11-4-5-17-15(14(11)8-13)18-9-10-6-12(16)7-10/h2-5,8,10,12H,6-7,9,16H2,1H3,(H,17,18). The van der Waals surface area contributed by atoms with E-state index < -0.39 is 0 Å². The van der Waals surface area contributed by atoms with E-state index in [0.717, 1.165) is 36.3 Å². The largest absolute Gasteiger partial charge is 0.497 e. The molecule has 0 amide bonds. The van der Waals surface area contributed by atoms with E-state index in [1.54, 1.807) is 7.11 Å². The second-order valence-corrected chi connectivity index (χ2v) is 5.23. The number of hydrogen-bond donors (Lipinski definition) is 2. The zero-order valence-corrected chi connectivity index (χ0v) is 11.1. The molecule has 0 atom stereocenters. The summed E-state index contributed by atoms with van der Waals surface area (Å²) in [4.78, 5) is 4.43. The van der Waals surface area contributed by atoms with Crippen molar-refractivity contribution >= 4 is 16.6 Å². The molecule has 3 N–H and O–H groups in total. The molecule has 1 aromatic heterocycles. The summed E-state index contributed by atoms with van der Waals surface area (Å²) in [6, 6.07) is 8.46. The van der Waals surface area contributed by atoms with Crippen LogP contribution in [0.4, 0.5) is 5.82 Å². The number of rotatable bonds is 4. The number of nitrogens with zero attached hydrogens (tertiary/aromatic N) is 1. The van der Waals surface area contributed by atoms with Gasteiger partial charge in [-0.15, -0.1) is 0 Å². The third-order valence-electron chi connectivity index (χ3n) is 3.80. The van der Waals surface area contributed by atoms with Crippen molar-refractivity contribution < 1.29 is 4.74 Å². The highest BCUT2D eigenvalue weighted by Crippen LogP contribution is 2.28. The summed E-state index contributed by atoms with van der Waals surface area (Å²) >= 11 is 0. The van der Waals surface area contributed by atoms with Gasteiger partial charge >= 0.3 is 0 Å². The summed E-state index contributed by atoms with van der Waals surface area (Å²) < 4.78 is 5.28. The van der Waals surface area contributed by atoms with E-state index >= 15 is 0 Å². The maximum absolute atomic E-state index is 5.81. The number of ether oxygens (including phenoxy) is 1. The molecule has 1 fully saturated rings. The van der Waals surface area contributed by atoms with Crippen molar-refractivity contribution in [1.82, 2.24) is 4.98 Å². The normalized spacial score (nSPS) is 22.0. The van der Waals surface area contributed by atoms with Crippen LogP contribution in [0.3, 0.4) is 0 Å². The van der Waals surface area contributed by atoms with Gasteiger partial charge in [-0.3, -0.25) is 0 Å². The molecule has 3 rings (SSSR count). The van der Waals surface area contributed by atoms with Gasteiger partial charge in [-0.1, -0.05) is 6.07 Å². The number of pyridine rings is 1. The van der Waals surface area contributed by atoms with Crippen molar-refractivity contribution in [2.45, 2.75) is 18.9 Å². The Kier molecular flexibility index (Phi) is 3.25. The summed E-state index contributed by atoms with van der Waals surface area (Å²) in [5, 5.41) is 5.71. The van der Waals surface area contributed by atoms with E-state index in [4.69, 9.17) is 10.5 Å². The first kappa shape index (κ1) is 12.2. The van der Waals surface area contributed by atoms with Crippen LogP contribution in [-0.4, -0.2) is 24.7 Å². The molecule has 4 heteroatoms. The number of aromatic nitrogens is 1. The van der Waals surface area contributed by atoms with Crippen LogP contribution in [0.5, 0.6) is 5.75 Å². The molecule has 0 spiro atoms. The van der Waals surface area contributed by atoms with Gasteiger partial charge in [0.15, 0.2) is 0 Å². The highest BCUT2D eigenvalue weighted by atomic mass is 16.5. The van der Waals surface area contributed by atoms with Gasteiger partial charge in [-0.2, -0.15) is 0 Å². The first-order valence-corrected chi connectivity index (χ1v) is 6.68. The fraction of sp³-hybridized carbons (Fsp3) is 0.400. The lowest BCUT2D eigenvalue weighted by molar-refractivity contribution is 0.280. The molecule has 1 aliphatic rings. The minimum absolute atomic E-state index is 0.396. The first-order chi connectivity index (χ1) is 9.26. The Labute approximate surface area is 113 Å². The van der Waals surface area contributed by atoms with Crippen LogP contribution in [0, 0.1) is 5.92 Å². The average molecular weight is 257 g/mol. The molecule has 0 saturated heterocycles. The van der Waals surface area contributed by atoms with Crippen molar-refractivity contribution in [3.63, 3.8) is 0 Å². The Balaban J connectivity index is 1.81. The number of methoxy groups -OCH3 is 1. The number of hydrogen-bond acceptors (Lipinski definition) is 4. The molecule has 1 saturated carbocycles. The second-order valence-electron chi connectivity index (χ2n) is 5.23. The maximum atomic E-state index is 5.81. The molecule has 4 nitrogen and oxygen atoms in total. The SMILES string of the molecule is COc1ccc2ccnc(NCC3CC(N)C3)c2c1. The van der Waals surface area contributed by atoms with Gasteiger partial charge in [-0.25, -0.2) is 4.98 Å². The van der Waals surface area contributed by atoms with Gasteiger partial charge in [0, 0.05) is 24.2 Å². The Hall–Kier alpha value is -1.81. The van der Waals surface area contributed by atoms with Gasteiger partial charge in [0.05, 0.1) is 7.11 Å². The third-order valence-corrected chi connectivity index (χ3v) is 3.80. The molecule has 100 valence electrons. The van der Waals surface area contributed by atoms with Gasteiger partial charge in [-0.05, 0) is 42.3 Å². The molecule has 1 aromatic carbocycles. The highest BCUT2D eigenvalue weighted by Gasteiger charge is 2.25. The molecule has 2 aromatic rings. The van der Waals surface area contributed by atoms with E-state index in [2.05, 4.69) is 16.4 Å². The predicted octanol–water partition coefficient (Wildman–Crippen LogP) is 2.39. The van der Waals surface area contributed by atoms with Crippen LogP contribution < -0.4 is 15.8 Å². The minimum atomic E-state index is 0.396. The monoisotopic (exact) mass is 257 g/mol. The number of anilines is 1. The van der Waals surface area contributed by atoms with E-state index in [1.807, 2.05) is 24.4 Å². The average Bonchev–Trinajstić information content (AvgIpc) is 2.41. The highest BCUT2D eigenvalue weighted by molar-refractivity contribution is 5.92. The summed E-state index contributed by atoms with van der Waals surface area (Å²) in [6.45, 7) is 0.941. The van der Waals surface area contributed by atoms with Gasteiger partial charge < -0.3 is 15.8 Å². The molecular weight excluding hydrogens is 238 g/mol. The fourth-order valence-electron chi connectivity index (χ4n) is 2.61. The van der Waals surface area contributed by atoms with Crippen LogP contribution in [0.2, 0.25) is 0 Å². The van der Waals surface area contributed by atoms with E-state index in [9.17, 15) is 0 Å². The molecule has 1 aliphatic carbocycles. The number of fused-ring (bicyclic) bond motifs is 1. The van der Waals surface area contributed by atoms with Crippen molar-refractivity contribution in [3.8, 4) is 5.75 Å². The van der Waals surface area contributed by atoms with Crippen molar-refractivity contribution in [2.75, 3.05) is 19.0 Å². The fourth-order valence-corrected chi connectivity index (χ4v) is 2.61. The number of nitrogens with one attached hydrogen (secondary N) is 1. The van der Waals surface area contributed by atoms with E-state index in [0.29, 0.717) is 12.0 Å². The number of nitrogens with two attached hydrogens (primary N) is 1. The van der Waals surface area contributed by atoms with Gasteiger partial charge in [0.2, 0.25) is 0 Å². The van der Waals surface area contributed by atoms with Crippen LogP contribution in [0.1, 0.15) is 12.8 Å². The number of benzene rings is 1. The van der Waals surface area contributed by atoms with Crippen molar-refractivity contribution in [3.05, 3.63) is 30.5 Å². The molecule has 0 unspecified atom stereocenters. The molecular formula is C15H19N3O. The lowest BCUT2D eigenvalue weighted by Gasteiger charge is -2.32. The molecule has 0 radical (unpaired) electrons. The maximum Gasteiger partial charge on any atom is 0.133 e. The summed E-state index contributed by atoms with van der Waals surface area (Å²) in [6.07, 6.45) is 4.06. The third kappa shape index (κ3) is 2.49. The van der Waals surface area contributed by atoms with E-state index in [1.165, 1.54) is 5.39 Å². The zero-order chi connectivity index (χ0) is 13.2. The second kappa shape index (κ2) is 5.05. The predicted molar refractivity (Wildman–Crippen MR) is 77.5 cm³/mol. The first-order valence-electron chi connectivity index (χ1n) is 6.68. The van der Waals surface area contributed by atoms with Crippen LogP contribution in [0.15, 0.2) is 30.5 Å². The Bertz CT molecular complexity index is 579. The minimum Gasteiger partial charge on any atom is -0.497 e. The molecule has 0 bridgehead atoms. The Morgan fingerprint density at radius 3 is 2.95 bits per heavy atom. The van der Waals surface area contributed by atoms with Gasteiger partial charge in [0.1, 0.15) is 11.6 Å². The lowest BCUT2D eigenvalue weighted by atomic mass is 9.81. The van der Waals surface area contributed by atoms with Crippen molar-refractivity contribution in [2.24, 2.45) is 11.7 Å². The molecule has 19 heavy (non-hydrogen) atoms. The smallest absolute Gasteiger partial charge is 0.133 e. The lowest BCUT2D eigenvalue weighted by Crippen LogP contribution is -2.39. The molecule has 1 heterocycles. The Morgan fingerprint density at radius 2 is 2.21 bits per heavy atom. The van der Waals surface area contributed by atoms with E-state index in [-0.39, 0.29) is 0 Å².